The molecule has 2 unspecified atom stereocenters. The normalized spacial score (nSPS) is 22.5. The fraction of sp³-hybridized carbons (Fsp3) is 0.188. The smallest absolute Gasteiger partial charge is 0.178 e. The second-order valence-electron chi connectivity index (χ2n) is 4.84. The van der Waals surface area contributed by atoms with Crippen molar-refractivity contribution < 1.29 is 14.3 Å². The quantitative estimate of drug-likeness (QED) is 0.782. The summed E-state index contributed by atoms with van der Waals surface area (Å²) in [5, 5.41) is 0. The minimum Gasteiger partial charge on any atom is -0.496 e. The molecular weight excluding hydrogens is 240 g/mol. The van der Waals surface area contributed by atoms with Gasteiger partial charge in [0.15, 0.2) is 5.78 Å². The highest BCUT2D eigenvalue weighted by atomic mass is 16.5. The van der Waals surface area contributed by atoms with E-state index in [1.54, 1.807) is 7.11 Å². The van der Waals surface area contributed by atoms with Crippen LogP contribution < -0.4 is 9.47 Å². The highest BCUT2D eigenvalue weighted by Crippen LogP contribution is 2.54. The maximum absolute atomic E-state index is 12.7. The molecule has 0 radical (unpaired) electrons. The van der Waals surface area contributed by atoms with Crippen LogP contribution in [0.1, 0.15) is 33.5 Å². The van der Waals surface area contributed by atoms with Crippen molar-refractivity contribution in [2.24, 2.45) is 0 Å². The number of fused-ring (bicyclic) bond motifs is 5. The van der Waals surface area contributed by atoms with Gasteiger partial charge in [0.25, 0.3) is 0 Å². The first-order valence-corrected chi connectivity index (χ1v) is 6.28. The predicted octanol–water partition coefficient (Wildman–Crippen LogP) is 3.11. The number of carbonyl (C=O) groups excluding carboxylic acids is 1. The summed E-state index contributed by atoms with van der Waals surface area (Å²) in [7, 11) is 1.59. The number of rotatable bonds is 1. The van der Waals surface area contributed by atoms with Gasteiger partial charge in [0.2, 0.25) is 0 Å². The van der Waals surface area contributed by atoms with E-state index in [-0.39, 0.29) is 17.8 Å². The summed E-state index contributed by atoms with van der Waals surface area (Å²) in [5.41, 5.74) is 2.59. The highest BCUT2D eigenvalue weighted by molar-refractivity contribution is 6.09. The largest absolute Gasteiger partial charge is 0.496 e. The van der Waals surface area contributed by atoms with Crippen LogP contribution >= 0.6 is 0 Å². The van der Waals surface area contributed by atoms with Crippen LogP contribution in [0.25, 0.3) is 0 Å². The van der Waals surface area contributed by atoms with Gasteiger partial charge >= 0.3 is 0 Å². The van der Waals surface area contributed by atoms with Crippen LogP contribution in [0, 0.1) is 0 Å². The molecule has 0 bridgehead atoms. The van der Waals surface area contributed by atoms with E-state index in [2.05, 4.69) is 0 Å². The number of ketones is 1. The second-order valence-corrected chi connectivity index (χ2v) is 4.84. The van der Waals surface area contributed by atoms with Gasteiger partial charge < -0.3 is 9.47 Å². The molecule has 1 aliphatic heterocycles. The second kappa shape index (κ2) is 3.60. The van der Waals surface area contributed by atoms with Gasteiger partial charge in [-0.2, -0.15) is 0 Å². The van der Waals surface area contributed by atoms with Crippen LogP contribution in [0.4, 0.5) is 0 Å². The van der Waals surface area contributed by atoms with Gasteiger partial charge in [0, 0.05) is 11.1 Å². The van der Waals surface area contributed by atoms with E-state index in [9.17, 15) is 4.79 Å². The van der Waals surface area contributed by atoms with Crippen molar-refractivity contribution >= 4 is 5.78 Å². The molecular formula is C16H12O3. The van der Waals surface area contributed by atoms with Crippen LogP contribution in [-0.2, 0) is 0 Å². The Morgan fingerprint density at radius 3 is 2.68 bits per heavy atom. The molecule has 2 aliphatic rings. The lowest BCUT2D eigenvalue weighted by molar-refractivity contribution is 0.0932. The van der Waals surface area contributed by atoms with Crippen molar-refractivity contribution in [3.63, 3.8) is 0 Å². The van der Waals surface area contributed by atoms with Gasteiger partial charge in [-0.05, 0) is 12.1 Å². The number of Topliss-reactive ketones (excluding diaryl/α,β-unsaturated/α-hetero) is 1. The molecule has 0 fully saturated rings. The molecule has 19 heavy (non-hydrogen) atoms. The molecule has 1 aliphatic carbocycles. The number of para-hydroxylation sites is 1. The molecule has 3 heteroatoms. The number of ether oxygens (including phenoxy) is 2. The summed E-state index contributed by atoms with van der Waals surface area (Å²) in [5.74, 6) is 1.34. The average molecular weight is 252 g/mol. The zero-order valence-electron chi connectivity index (χ0n) is 10.4. The Kier molecular flexibility index (Phi) is 2.01. The lowest BCUT2D eigenvalue weighted by Crippen LogP contribution is -2.08. The average Bonchev–Trinajstić information content (AvgIpc) is 2.96. The Balaban J connectivity index is 1.92. The zero-order chi connectivity index (χ0) is 13.0. The topological polar surface area (TPSA) is 35.5 Å². The van der Waals surface area contributed by atoms with Crippen molar-refractivity contribution in [2.75, 3.05) is 7.11 Å². The van der Waals surface area contributed by atoms with E-state index in [0.717, 1.165) is 16.9 Å². The van der Waals surface area contributed by atoms with E-state index in [1.807, 2.05) is 42.5 Å². The van der Waals surface area contributed by atoms with Crippen LogP contribution in [-0.4, -0.2) is 12.9 Å². The molecule has 1 heterocycles. The highest BCUT2D eigenvalue weighted by Gasteiger charge is 2.48. The molecule has 0 spiro atoms. The predicted molar refractivity (Wildman–Crippen MR) is 69.9 cm³/mol. The van der Waals surface area contributed by atoms with Gasteiger partial charge in [-0.25, -0.2) is 0 Å². The minimum atomic E-state index is -0.220. The Morgan fingerprint density at radius 2 is 1.84 bits per heavy atom. The molecule has 2 aromatic rings. The standard InChI is InChI=1S/C16H12O3/c1-18-12-8-4-6-10-13(12)15(17)14-9-5-2-3-7-11(9)19-16(10)14/h2-8,14,16H,1H3. The third-order valence-corrected chi connectivity index (χ3v) is 3.92. The number of hydrogen-bond donors (Lipinski definition) is 0. The number of methoxy groups -OCH3 is 1. The fourth-order valence-electron chi connectivity index (χ4n) is 3.11. The number of benzene rings is 2. The summed E-state index contributed by atoms with van der Waals surface area (Å²) in [6.07, 6.45) is -0.199. The molecule has 4 rings (SSSR count). The van der Waals surface area contributed by atoms with E-state index < -0.39 is 0 Å². The molecule has 0 aromatic heterocycles. The minimum absolute atomic E-state index is 0.0994. The van der Waals surface area contributed by atoms with Crippen molar-refractivity contribution in [1.82, 2.24) is 0 Å². The molecule has 0 saturated heterocycles. The first kappa shape index (κ1) is 10.6. The van der Waals surface area contributed by atoms with Crippen LogP contribution in [0.15, 0.2) is 42.5 Å². The van der Waals surface area contributed by atoms with Crippen LogP contribution in [0.2, 0.25) is 0 Å². The van der Waals surface area contributed by atoms with Gasteiger partial charge in [-0.1, -0.05) is 30.3 Å². The third-order valence-electron chi connectivity index (χ3n) is 3.92. The summed E-state index contributed by atoms with van der Waals surface area (Å²) < 4.78 is 11.3. The molecule has 0 amide bonds. The summed E-state index contributed by atoms with van der Waals surface area (Å²) in [4.78, 5) is 12.7. The van der Waals surface area contributed by atoms with E-state index in [1.165, 1.54) is 0 Å². The Hall–Kier alpha value is -2.29. The summed E-state index contributed by atoms with van der Waals surface area (Å²) >= 11 is 0. The molecule has 2 aromatic carbocycles. The monoisotopic (exact) mass is 252 g/mol. The summed E-state index contributed by atoms with van der Waals surface area (Å²) in [6.45, 7) is 0. The van der Waals surface area contributed by atoms with E-state index in [4.69, 9.17) is 9.47 Å². The Morgan fingerprint density at radius 1 is 1.05 bits per heavy atom. The molecule has 3 nitrogen and oxygen atoms in total. The number of hydrogen-bond acceptors (Lipinski definition) is 3. The molecule has 0 N–H and O–H groups in total. The van der Waals surface area contributed by atoms with Gasteiger partial charge in [-0.15, -0.1) is 0 Å². The first-order valence-electron chi connectivity index (χ1n) is 6.28. The SMILES string of the molecule is COc1cccc2c1C(=O)C1c3ccccc3OC21. The maximum atomic E-state index is 12.7. The Labute approximate surface area is 110 Å². The molecule has 2 atom stereocenters. The summed E-state index contributed by atoms with van der Waals surface area (Å²) in [6, 6.07) is 13.4. The van der Waals surface area contributed by atoms with Crippen molar-refractivity contribution in [2.45, 2.75) is 12.0 Å². The van der Waals surface area contributed by atoms with Gasteiger partial charge in [0.1, 0.15) is 17.6 Å². The maximum Gasteiger partial charge on any atom is 0.178 e. The molecule has 0 saturated carbocycles. The number of carbonyl (C=O) groups is 1. The van der Waals surface area contributed by atoms with Crippen molar-refractivity contribution in [1.29, 1.82) is 0 Å². The zero-order valence-corrected chi connectivity index (χ0v) is 10.4. The van der Waals surface area contributed by atoms with E-state index in [0.29, 0.717) is 11.3 Å². The fourth-order valence-corrected chi connectivity index (χ4v) is 3.11. The lowest BCUT2D eigenvalue weighted by Gasteiger charge is -2.10. The van der Waals surface area contributed by atoms with Gasteiger partial charge in [0.05, 0.1) is 18.6 Å². The Bertz CT molecular complexity index is 690. The van der Waals surface area contributed by atoms with Crippen LogP contribution in [0.5, 0.6) is 11.5 Å². The van der Waals surface area contributed by atoms with Gasteiger partial charge in [-0.3, -0.25) is 4.79 Å². The third kappa shape index (κ3) is 1.24. The van der Waals surface area contributed by atoms with E-state index >= 15 is 0 Å². The van der Waals surface area contributed by atoms with Crippen molar-refractivity contribution in [3.05, 3.63) is 59.2 Å². The lowest BCUT2D eigenvalue weighted by atomic mass is 9.95. The molecule has 94 valence electrons. The first-order chi connectivity index (χ1) is 9.31. The van der Waals surface area contributed by atoms with Crippen molar-refractivity contribution in [3.8, 4) is 11.5 Å². The van der Waals surface area contributed by atoms with Crippen LogP contribution in [0.3, 0.4) is 0 Å².